The summed E-state index contributed by atoms with van der Waals surface area (Å²) < 4.78 is 8.46. The van der Waals surface area contributed by atoms with Crippen molar-refractivity contribution in [3.63, 3.8) is 0 Å². The highest BCUT2D eigenvalue weighted by Crippen LogP contribution is 2.40. The monoisotopic (exact) mass is 357 g/mol. The zero-order chi connectivity index (χ0) is 16.7. The third-order valence-electron chi connectivity index (χ3n) is 4.54. The van der Waals surface area contributed by atoms with Crippen LogP contribution in [0.15, 0.2) is 54.7 Å². The lowest BCUT2D eigenvalue weighted by molar-refractivity contribution is 0.0679. The van der Waals surface area contributed by atoms with Crippen LogP contribution in [0.5, 0.6) is 0 Å². The molecule has 0 saturated heterocycles. The Bertz CT molecular complexity index is 900. The number of benzene rings is 2. The number of halogens is 2. The van der Waals surface area contributed by atoms with Crippen LogP contribution in [0.1, 0.15) is 35.4 Å². The average Bonchev–Trinajstić information content (AvgIpc) is 3.01. The fraction of sp³-hybridized carbons (Fsp3) is 0.200. The number of ether oxygens (including phenoxy) is 1. The fourth-order valence-corrected chi connectivity index (χ4v) is 3.67. The Morgan fingerprint density at radius 1 is 1.08 bits per heavy atom. The molecule has 2 aromatic carbocycles. The van der Waals surface area contributed by atoms with Crippen LogP contribution in [0.25, 0.3) is 5.69 Å². The first-order chi connectivity index (χ1) is 11.7. The van der Waals surface area contributed by atoms with Crippen LogP contribution < -0.4 is 0 Å². The lowest BCUT2D eigenvalue weighted by Crippen LogP contribution is -2.07. The summed E-state index contributed by atoms with van der Waals surface area (Å²) in [5, 5.41) is 1.11. The molecule has 2 heterocycles. The summed E-state index contributed by atoms with van der Waals surface area (Å²) in [6, 6.07) is 16.4. The normalized spacial score (nSPS) is 16.4. The summed E-state index contributed by atoms with van der Waals surface area (Å²) in [7, 11) is 0. The molecule has 1 aromatic heterocycles. The molecule has 0 unspecified atom stereocenters. The summed E-state index contributed by atoms with van der Waals surface area (Å²) in [5.74, 6) is 0. The predicted molar refractivity (Wildman–Crippen MR) is 98.2 cm³/mol. The Morgan fingerprint density at radius 3 is 2.79 bits per heavy atom. The number of nitrogens with zero attached hydrogens (tertiary/aromatic N) is 1. The van der Waals surface area contributed by atoms with Gasteiger partial charge in [0.2, 0.25) is 0 Å². The summed E-state index contributed by atoms with van der Waals surface area (Å²) in [4.78, 5) is 0. The molecule has 4 rings (SSSR count). The summed E-state index contributed by atoms with van der Waals surface area (Å²) in [6.45, 7) is 2.68. The zero-order valence-electron chi connectivity index (χ0n) is 13.3. The summed E-state index contributed by atoms with van der Waals surface area (Å²) in [5.41, 5.74) is 5.56. The Kier molecular flexibility index (Phi) is 4.13. The van der Waals surface area contributed by atoms with E-state index in [9.17, 15) is 0 Å². The molecule has 0 spiro atoms. The van der Waals surface area contributed by atoms with Gasteiger partial charge in [-0.2, -0.15) is 0 Å². The van der Waals surface area contributed by atoms with Crippen molar-refractivity contribution in [2.75, 3.05) is 0 Å². The third-order valence-corrected chi connectivity index (χ3v) is 5.37. The van der Waals surface area contributed by atoms with Gasteiger partial charge < -0.3 is 9.30 Å². The number of aryl methyl sites for hydroxylation is 1. The first-order valence-electron chi connectivity index (χ1n) is 8.04. The highest BCUT2D eigenvalue weighted by Gasteiger charge is 2.26. The van der Waals surface area contributed by atoms with Gasteiger partial charge in [0.25, 0.3) is 0 Å². The smallest absolute Gasteiger partial charge is 0.112 e. The number of hydrogen-bond acceptors (Lipinski definition) is 1. The average molecular weight is 358 g/mol. The van der Waals surface area contributed by atoms with Crippen molar-refractivity contribution in [3.8, 4) is 5.69 Å². The maximum atomic E-state index is 6.49. The quantitative estimate of drug-likeness (QED) is 0.551. The van der Waals surface area contributed by atoms with E-state index in [4.69, 9.17) is 27.9 Å². The Morgan fingerprint density at radius 2 is 1.96 bits per heavy atom. The molecule has 24 heavy (non-hydrogen) atoms. The zero-order valence-corrected chi connectivity index (χ0v) is 14.8. The predicted octanol–water partition coefficient (Wildman–Crippen LogP) is 5.97. The van der Waals surface area contributed by atoms with E-state index >= 15 is 0 Å². The van der Waals surface area contributed by atoms with Crippen LogP contribution in [0.4, 0.5) is 0 Å². The second-order valence-corrected chi connectivity index (χ2v) is 6.74. The number of rotatable bonds is 2. The van der Waals surface area contributed by atoms with E-state index in [0.29, 0.717) is 16.7 Å². The van der Waals surface area contributed by atoms with Crippen molar-refractivity contribution < 1.29 is 4.74 Å². The minimum absolute atomic E-state index is 0.238. The molecule has 1 aliphatic heterocycles. The van der Waals surface area contributed by atoms with Gasteiger partial charge in [-0.1, -0.05) is 54.4 Å². The number of hydrogen-bond donors (Lipinski definition) is 0. The molecule has 0 saturated carbocycles. The van der Waals surface area contributed by atoms with Gasteiger partial charge in [-0.15, -0.1) is 0 Å². The molecule has 0 bridgehead atoms. The maximum Gasteiger partial charge on any atom is 0.112 e. The second-order valence-electron chi connectivity index (χ2n) is 5.95. The largest absolute Gasteiger partial charge is 0.362 e. The lowest BCUT2D eigenvalue weighted by atomic mass is 9.97. The van der Waals surface area contributed by atoms with Gasteiger partial charge in [-0.25, -0.2) is 0 Å². The van der Waals surface area contributed by atoms with Gasteiger partial charge in [-0.3, -0.25) is 0 Å². The van der Waals surface area contributed by atoms with Crippen molar-refractivity contribution in [1.29, 1.82) is 0 Å². The van der Waals surface area contributed by atoms with Crippen LogP contribution in [-0.2, 0) is 17.8 Å². The van der Waals surface area contributed by atoms with Gasteiger partial charge in [0.1, 0.15) is 6.10 Å². The van der Waals surface area contributed by atoms with Gasteiger partial charge in [0, 0.05) is 23.0 Å². The molecule has 2 nitrogen and oxygen atoms in total. The standard InChI is InChI=1S/C20H17Cl2NO/c1-2-13-8-9-18-16(11-13)20(15-6-3-7-17(21)19(15)22)24-12-14-5-4-10-23(14)18/h3-11,20H,2,12H2,1H3/t20-/m1/s1. The van der Waals surface area contributed by atoms with E-state index in [0.717, 1.165) is 28.9 Å². The second kappa shape index (κ2) is 6.29. The molecular weight excluding hydrogens is 341 g/mol. The minimum Gasteiger partial charge on any atom is -0.362 e. The van der Waals surface area contributed by atoms with Gasteiger partial charge in [0.15, 0.2) is 0 Å². The summed E-state index contributed by atoms with van der Waals surface area (Å²) >= 11 is 12.7. The first-order valence-corrected chi connectivity index (χ1v) is 8.79. The molecule has 0 fully saturated rings. The first kappa shape index (κ1) is 15.8. The molecule has 4 heteroatoms. The van der Waals surface area contributed by atoms with Crippen molar-refractivity contribution >= 4 is 23.2 Å². The van der Waals surface area contributed by atoms with Gasteiger partial charge >= 0.3 is 0 Å². The molecule has 0 aliphatic carbocycles. The van der Waals surface area contributed by atoms with Gasteiger partial charge in [-0.05, 0) is 36.2 Å². The van der Waals surface area contributed by atoms with E-state index in [1.54, 1.807) is 6.07 Å². The van der Waals surface area contributed by atoms with Crippen LogP contribution in [0, 0.1) is 0 Å². The van der Waals surface area contributed by atoms with E-state index in [1.165, 1.54) is 5.56 Å². The van der Waals surface area contributed by atoms with E-state index in [2.05, 4.69) is 42.0 Å². The molecule has 1 aliphatic rings. The van der Waals surface area contributed by atoms with Crippen LogP contribution in [0.2, 0.25) is 10.0 Å². The van der Waals surface area contributed by atoms with Crippen molar-refractivity contribution in [2.24, 2.45) is 0 Å². The van der Waals surface area contributed by atoms with Crippen molar-refractivity contribution in [3.05, 3.63) is 87.2 Å². The maximum absolute atomic E-state index is 6.49. The fourth-order valence-electron chi connectivity index (χ4n) is 3.26. The van der Waals surface area contributed by atoms with E-state index < -0.39 is 0 Å². The lowest BCUT2D eigenvalue weighted by Gasteiger charge is -2.21. The third kappa shape index (κ3) is 2.55. The number of fused-ring (bicyclic) bond motifs is 3. The van der Waals surface area contributed by atoms with Crippen LogP contribution in [0.3, 0.4) is 0 Å². The molecule has 0 N–H and O–H groups in total. The van der Waals surface area contributed by atoms with Crippen molar-refractivity contribution in [1.82, 2.24) is 4.57 Å². The van der Waals surface area contributed by atoms with Gasteiger partial charge in [0.05, 0.1) is 22.3 Å². The Labute approximate surface area is 151 Å². The molecule has 3 aromatic rings. The molecule has 1 atom stereocenters. The highest BCUT2D eigenvalue weighted by molar-refractivity contribution is 6.42. The molecule has 122 valence electrons. The molecular formula is C20H17Cl2NO. The number of aromatic nitrogens is 1. The topological polar surface area (TPSA) is 14.2 Å². The minimum atomic E-state index is -0.238. The molecule has 0 radical (unpaired) electrons. The van der Waals surface area contributed by atoms with Crippen molar-refractivity contribution in [2.45, 2.75) is 26.1 Å². The SMILES string of the molecule is CCc1ccc2c(c1)[C@@H](c1cccc(Cl)c1Cl)OCc1cccn1-2. The molecule has 0 amide bonds. The Balaban J connectivity index is 1.94. The van der Waals surface area contributed by atoms with Crippen LogP contribution >= 0.6 is 23.2 Å². The van der Waals surface area contributed by atoms with Crippen LogP contribution in [-0.4, -0.2) is 4.57 Å². The summed E-state index contributed by atoms with van der Waals surface area (Å²) in [6.07, 6.45) is 2.81. The highest BCUT2D eigenvalue weighted by atomic mass is 35.5. The van der Waals surface area contributed by atoms with E-state index in [1.807, 2.05) is 18.2 Å². The Hall–Kier alpha value is -1.74. The van der Waals surface area contributed by atoms with E-state index in [-0.39, 0.29) is 6.10 Å².